The van der Waals surface area contributed by atoms with Crippen LogP contribution in [-0.2, 0) is 0 Å². The zero-order chi connectivity index (χ0) is 9.68. The Morgan fingerprint density at radius 1 is 1.15 bits per heavy atom. The van der Waals surface area contributed by atoms with Gasteiger partial charge in [-0.05, 0) is 31.7 Å². The molecule has 0 amide bonds. The topological polar surface area (TPSA) is 3.24 Å². The van der Waals surface area contributed by atoms with E-state index in [1.54, 1.807) is 0 Å². The Labute approximate surface area is 83.5 Å². The first kappa shape index (κ1) is 11.0. The molecule has 0 radical (unpaired) electrons. The normalized spacial score (nSPS) is 20.1. The first-order valence-electron chi connectivity index (χ1n) is 5.87. The third kappa shape index (κ3) is 4.66. The minimum atomic E-state index is 0.814. The number of hydrogen-bond acceptors (Lipinski definition) is 1. The molecule has 78 valence electrons. The van der Waals surface area contributed by atoms with Crippen molar-refractivity contribution < 1.29 is 0 Å². The molecule has 0 aromatic rings. The Balaban J connectivity index is 2.14. The minimum Gasteiger partial charge on any atom is -0.306 e. The molecule has 1 aliphatic rings. The van der Waals surface area contributed by atoms with Crippen LogP contribution in [0, 0.1) is 11.8 Å². The second-order valence-corrected chi connectivity index (χ2v) is 5.12. The summed E-state index contributed by atoms with van der Waals surface area (Å²) in [6.07, 6.45) is 7.37. The molecule has 0 aromatic heterocycles. The molecule has 0 saturated heterocycles. The maximum atomic E-state index is 2.51. The van der Waals surface area contributed by atoms with E-state index in [0.29, 0.717) is 0 Å². The summed E-state index contributed by atoms with van der Waals surface area (Å²) in [6.45, 7) is 7.20. The molecule has 0 aromatic carbocycles. The van der Waals surface area contributed by atoms with Crippen LogP contribution in [0.4, 0.5) is 0 Å². The SMILES string of the molecule is CC(C)CN(C)CC1CCCCC1. The maximum Gasteiger partial charge on any atom is 0.000672 e. The smallest absolute Gasteiger partial charge is 0.000672 e. The molecule has 1 fully saturated rings. The van der Waals surface area contributed by atoms with Gasteiger partial charge in [-0.15, -0.1) is 0 Å². The van der Waals surface area contributed by atoms with Gasteiger partial charge in [-0.1, -0.05) is 33.1 Å². The van der Waals surface area contributed by atoms with Crippen LogP contribution in [0.1, 0.15) is 46.0 Å². The standard InChI is InChI=1S/C12H25N/c1-11(2)9-13(3)10-12-7-5-4-6-8-12/h11-12H,4-10H2,1-3H3. The Kier molecular flexibility index (Phi) is 4.79. The average molecular weight is 183 g/mol. The first-order chi connectivity index (χ1) is 6.18. The maximum absolute atomic E-state index is 2.51. The van der Waals surface area contributed by atoms with E-state index >= 15 is 0 Å². The minimum absolute atomic E-state index is 0.814. The van der Waals surface area contributed by atoms with Crippen LogP contribution in [0.5, 0.6) is 0 Å². The Morgan fingerprint density at radius 3 is 2.31 bits per heavy atom. The van der Waals surface area contributed by atoms with Crippen molar-refractivity contribution in [3.63, 3.8) is 0 Å². The molecule has 1 aliphatic carbocycles. The zero-order valence-electron chi connectivity index (χ0n) is 9.55. The third-order valence-electron chi connectivity index (χ3n) is 2.97. The second kappa shape index (κ2) is 5.64. The highest BCUT2D eigenvalue weighted by molar-refractivity contribution is 4.69. The number of nitrogens with zero attached hydrogens (tertiary/aromatic N) is 1. The first-order valence-corrected chi connectivity index (χ1v) is 5.87. The second-order valence-electron chi connectivity index (χ2n) is 5.12. The molecule has 1 saturated carbocycles. The van der Waals surface area contributed by atoms with E-state index in [9.17, 15) is 0 Å². The summed E-state index contributed by atoms with van der Waals surface area (Å²) in [5.74, 6) is 1.81. The van der Waals surface area contributed by atoms with Gasteiger partial charge < -0.3 is 4.90 Å². The van der Waals surface area contributed by atoms with Crippen molar-refractivity contribution >= 4 is 0 Å². The van der Waals surface area contributed by atoms with Crippen molar-refractivity contribution in [2.45, 2.75) is 46.0 Å². The van der Waals surface area contributed by atoms with E-state index in [2.05, 4.69) is 25.8 Å². The van der Waals surface area contributed by atoms with Crippen molar-refractivity contribution in [2.75, 3.05) is 20.1 Å². The van der Waals surface area contributed by atoms with Crippen molar-refractivity contribution in [1.29, 1.82) is 0 Å². The third-order valence-corrected chi connectivity index (χ3v) is 2.97. The fourth-order valence-electron chi connectivity index (χ4n) is 2.51. The zero-order valence-corrected chi connectivity index (χ0v) is 9.55. The summed E-state index contributed by atoms with van der Waals surface area (Å²) >= 11 is 0. The average Bonchev–Trinajstić information content (AvgIpc) is 2.04. The molecule has 1 nitrogen and oxygen atoms in total. The highest BCUT2D eigenvalue weighted by atomic mass is 15.1. The number of rotatable bonds is 4. The molecule has 1 rings (SSSR count). The Bertz CT molecular complexity index is 125. The molecule has 0 bridgehead atoms. The molecule has 1 heteroatoms. The van der Waals surface area contributed by atoms with E-state index in [4.69, 9.17) is 0 Å². The van der Waals surface area contributed by atoms with E-state index in [0.717, 1.165) is 11.8 Å². The summed E-state index contributed by atoms with van der Waals surface area (Å²) in [4.78, 5) is 2.51. The van der Waals surface area contributed by atoms with Crippen LogP contribution in [0.3, 0.4) is 0 Å². The molecule has 0 aliphatic heterocycles. The van der Waals surface area contributed by atoms with Gasteiger partial charge in [0.25, 0.3) is 0 Å². The predicted octanol–water partition coefficient (Wildman–Crippen LogP) is 3.15. The fourth-order valence-corrected chi connectivity index (χ4v) is 2.51. The fraction of sp³-hybridized carbons (Fsp3) is 1.00. The highest BCUT2D eigenvalue weighted by Crippen LogP contribution is 2.24. The van der Waals surface area contributed by atoms with E-state index in [1.165, 1.54) is 45.2 Å². The summed E-state index contributed by atoms with van der Waals surface area (Å²) < 4.78 is 0. The molecule has 0 N–H and O–H groups in total. The van der Waals surface area contributed by atoms with Crippen molar-refractivity contribution in [2.24, 2.45) is 11.8 Å². The van der Waals surface area contributed by atoms with Gasteiger partial charge in [0.1, 0.15) is 0 Å². The van der Waals surface area contributed by atoms with Gasteiger partial charge in [0.05, 0.1) is 0 Å². The lowest BCUT2D eigenvalue weighted by Crippen LogP contribution is -2.30. The lowest BCUT2D eigenvalue weighted by molar-refractivity contribution is 0.216. The van der Waals surface area contributed by atoms with Gasteiger partial charge in [-0.25, -0.2) is 0 Å². The van der Waals surface area contributed by atoms with Gasteiger partial charge >= 0.3 is 0 Å². The number of hydrogen-bond donors (Lipinski definition) is 0. The lowest BCUT2D eigenvalue weighted by atomic mass is 9.89. The van der Waals surface area contributed by atoms with Crippen molar-refractivity contribution in [3.8, 4) is 0 Å². The highest BCUT2D eigenvalue weighted by Gasteiger charge is 2.15. The quantitative estimate of drug-likeness (QED) is 0.647. The summed E-state index contributed by atoms with van der Waals surface area (Å²) in [7, 11) is 2.27. The van der Waals surface area contributed by atoms with Gasteiger partial charge in [0.2, 0.25) is 0 Å². The van der Waals surface area contributed by atoms with Gasteiger partial charge in [-0.2, -0.15) is 0 Å². The summed E-state index contributed by atoms with van der Waals surface area (Å²) in [5.41, 5.74) is 0. The molecule has 13 heavy (non-hydrogen) atoms. The van der Waals surface area contributed by atoms with Gasteiger partial charge in [0.15, 0.2) is 0 Å². The largest absolute Gasteiger partial charge is 0.306 e. The van der Waals surface area contributed by atoms with Gasteiger partial charge in [0, 0.05) is 13.1 Å². The Morgan fingerprint density at radius 2 is 1.77 bits per heavy atom. The Hall–Kier alpha value is -0.0400. The van der Waals surface area contributed by atoms with Crippen molar-refractivity contribution in [1.82, 2.24) is 4.90 Å². The van der Waals surface area contributed by atoms with Crippen LogP contribution in [0.2, 0.25) is 0 Å². The van der Waals surface area contributed by atoms with Crippen LogP contribution < -0.4 is 0 Å². The van der Waals surface area contributed by atoms with Crippen LogP contribution in [-0.4, -0.2) is 25.0 Å². The van der Waals surface area contributed by atoms with Crippen molar-refractivity contribution in [3.05, 3.63) is 0 Å². The molecular formula is C12H25N. The van der Waals surface area contributed by atoms with Crippen LogP contribution in [0.15, 0.2) is 0 Å². The van der Waals surface area contributed by atoms with E-state index < -0.39 is 0 Å². The van der Waals surface area contributed by atoms with Gasteiger partial charge in [-0.3, -0.25) is 0 Å². The predicted molar refractivity (Wildman–Crippen MR) is 58.9 cm³/mol. The van der Waals surface area contributed by atoms with Crippen LogP contribution in [0.25, 0.3) is 0 Å². The summed E-state index contributed by atoms with van der Waals surface area (Å²) in [5, 5.41) is 0. The van der Waals surface area contributed by atoms with E-state index in [1.807, 2.05) is 0 Å². The lowest BCUT2D eigenvalue weighted by Gasteiger charge is -2.27. The molecule has 0 atom stereocenters. The van der Waals surface area contributed by atoms with E-state index in [-0.39, 0.29) is 0 Å². The van der Waals surface area contributed by atoms with Crippen LogP contribution >= 0.6 is 0 Å². The summed E-state index contributed by atoms with van der Waals surface area (Å²) in [6, 6.07) is 0. The molecule has 0 unspecified atom stereocenters. The molecule has 0 spiro atoms. The molecule has 0 heterocycles. The molecular weight excluding hydrogens is 158 g/mol. The monoisotopic (exact) mass is 183 g/mol.